The van der Waals surface area contributed by atoms with Gasteiger partial charge in [-0.05, 0) is 89.9 Å². The minimum absolute atomic E-state index is 0.456. The van der Waals surface area contributed by atoms with Gasteiger partial charge in [0.05, 0.1) is 0 Å². The fourth-order valence-electron chi connectivity index (χ4n) is 2.21. The second-order valence-corrected chi connectivity index (χ2v) is 14.1. The third-order valence-corrected chi connectivity index (χ3v) is 8.84. The zero-order chi connectivity index (χ0) is 21.6. The van der Waals surface area contributed by atoms with Gasteiger partial charge in [-0.1, -0.05) is 27.7 Å². The zero-order valence-electron chi connectivity index (χ0n) is 19.6. The molecule has 0 aromatic heterocycles. The van der Waals surface area contributed by atoms with Crippen LogP contribution >= 0.6 is 38.3 Å². The molecule has 166 valence electrons. The number of nitrogens with one attached hydrogen (secondary N) is 4. The van der Waals surface area contributed by atoms with E-state index < -0.39 is 19.4 Å². The molecule has 27 heavy (non-hydrogen) atoms. The number of rotatable bonds is 18. The van der Waals surface area contributed by atoms with E-state index in [-0.39, 0.29) is 0 Å². The van der Waals surface area contributed by atoms with Crippen LogP contribution in [0.3, 0.4) is 0 Å². The Kier molecular flexibility index (Phi) is 26.8. The molecule has 1 atom stereocenters. The maximum atomic E-state index is 7.03. The summed E-state index contributed by atoms with van der Waals surface area (Å²) in [5.41, 5.74) is 0. The van der Waals surface area contributed by atoms with Gasteiger partial charge in [0.15, 0.2) is 0 Å². The van der Waals surface area contributed by atoms with Crippen molar-refractivity contribution in [2.45, 2.75) is 60.2 Å². The molecular formula is C19H49BIN4PS. The molecule has 0 amide bonds. The fourth-order valence-corrected chi connectivity index (χ4v) is 2.21. The van der Waals surface area contributed by atoms with Gasteiger partial charge >= 0.3 is 50.0 Å². The maximum absolute atomic E-state index is 7.03. The van der Waals surface area contributed by atoms with Gasteiger partial charge in [-0.3, -0.25) is 0 Å². The normalized spacial score (nSPS) is 12.0. The molecule has 0 aliphatic heterocycles. The molecule has 0 rings (SSSR count). The van der Waals surface area contributed by atoms with E-state index in [0.717, 1.165) is 64.2 Å². The Bertz CT molecular complexity index is 279. The van der Waals surface area contributed by atoms with Gasteiger partial charge in [0.1, 0.15) is 0 Å². The van der Waals surface area contributed by atoms with Gasteiger partial charge in [0, 0.05) is 0 Å². The summed E-state index contributed by atoms with van der Waals surface area (Å²) in [6.07, 6.45) is 5.01. The Morgan fingerprint density at radius 1 is 0.778 bits per heavy atom. The van der Waals surface area contributed by atoms with Crippen LogP contribution in [0.25, 0.3) is 0 Å². The van der Waals surface area contributed by atoms with Crippen molar-refractivity contribution in [1.29, 1.82) is 0.594 Å². The van der Waals surface area contributed by atoms with Crippen LogP contribution in [0.2, 0.25) is 6.82 Å². The van der Waals surface area contributed by atoms with Gasteiger partial charge in [0.2, 0.25) is 0 Å². The number of hydrogen-bond donors (Lipinski definition) is 5. The van der Waals surface area contributed by atoms with Crippen molar-refractivity contribution >= 4 is 42.6 Å². The fraction of sp³-hybridized carbons (Fsp3) is 1.00. The van der Waals surface area contributed by atoms with Crippen LogP contribution in [-0.2, 0) is 0 Å². The van der Waals surface area contributed by atoms with Gasteiger partial charge in [-0.25, -0.2) is 0 Å². The van der Waals surface area contributed by atoms with Crippen molar-refractivity contribution in [3.05, 3.63) is 0 Å². The Hall–Kier alpha value is 1.41. The molecule has 0 aromatic carbocycles. The molecular weight excluding hydrogens is 485 g/mol. The molecule has 4 nitrogen and oxygen atoms in total. The Labute approximate surface area is 188 Å². The predicted octanol–water partition coefficient (Wildman–Crippen LogP) is 3.74. The molecule has 0 spiro atoms. The molecule has 4 N–H and O–H groups in total. The molecule has 0 saturated carbocycles. The van der Waals surface area contributed by atoms with Crippen molar-refractivity contribution in [3.63, 3.8) is 0 Å². The number of unbranched alkanes of at least 4 members (excludes halogenated alkanes) is 1. The van der Waals surface area contributed by atoms with Crippen LogP contribution in [0.1, 0.15) is 53.4 Å². The van der Waals surface area contributed by atoms with Crippen LogP contribution in [0.4, 0.5) is 0 Å². The van der Waals surface area contributed by atoms with E-state index in [1.54, 1.807) is 0 Å². The van der Waals surface area contributed by atoms with E-state index in [0.29, 0.717) is 4.29 Å². The van der Waals surface area contributed by atoms with Gasteiger partial charge < -0.3 is 21.3 Å². The summed E-state index contributed by atoms with van der Waals surface area (Å²) >= 11 is -1.48. The Balaban J connectivity index is 0. The van der Waals surface area contributed by atoms with Crippen molar-refractivity contribution in [3.8, 4) is 0 Å². The summed E-state index contributed by atoms with van der Waals surface area (Å²) in [4.78, 5) is 0. The van der Waals surface area contributed by atoms with E-state index in [2.05, 4.69) is 67.9 Å². The van der Waals surface area contributed by atoms with Crippen LogP contribution in [-0.4, -0.2) is 57.2 Å². The van der Waals surface area contributed by atoms with Gasteiger partial charge in [0.25, 0.3) is 0 Å². The Morgan fingerprint density at radius 2 is 1.07 bits per heavy atom. The average Bonchev–Trinajstić information content (AvgIpc) is 2.61. The van der Waals surface area contributed by atoms with Crippen LogP contribution in [0.15, 0.2) is 0 Å². The van der Waals surface area contributed by atoms with Crippen molar-refractivity contribution in [1.82, 2.24) is 21.3 Å². The monoisotopic (exact) mass is 535 g/mol. The summed E-state index contributed by atoms with van der Waals surface area (Å²) in [6, 6.07) is 0. The molecule has 0 bridgehead atoms. The molecule has 0 aliphatic carbocycles. The minimum atomic E-state index is -1.48. The third kappa shape index (κ3) is 35.2. The first kappa shape index (κ1) is 28.4. The van der Waals surface area contributed by atoms with Crippen LogP contribution in [0.5, 0.6) is 0 Å². The summed E-state index contributed by atoms with van der Waals surface area (Å²) in [5, 5.41) is 14.0. The molecule has 0 aromatic rings. The number of halogens is 1. The average molecular weight is 535 g/mol. The second kappa shape index (κ2) is 25.5. The summed E-state index contributed by atoms with van der Waals surface area (Å²) in [6.45, 7) is 20.2. The first-order chi connectivity index (χ1) is 13.3. The molecule has 0 heterocycles. The van der Waals surface area contributed by atoms with Crippen molar-refractivity contribution < 1.29 is 0 Å². The summed E-state index contributed by atoms with van der Waals surface area (Å²) in [5.74, 6) is 1.51. The molecule has 0 aliphatic rings. The second-order valence-electron chi connectivity index (χ2n) is 7.89. The van der Waals surface area contributed by atoms with E-state index in [9.17, 15) is 0 Å². The van der Waals surface area contributed by atoms with E-state index in [1.165, 1.54) is 25.7 Å². The standard InChI is InChI=1S/C18H42N4.CH7BIPS/c1-17(2)15-21-13-7-11-19-9-5-6-10-20-12-8-14-22-16-18(3)4;1-2(4)3-5/h17-22H,5-16H2,1-4H3;3,5H,4H2,1H3/i;3D. The topological polar surface area (TPSA) is 48.1 Å². The number of thiol groups is 1. The van der Waals surface area contributed by atoms with Crippen molar-refractivity contribution in [2.24, 2.45) is 11.8 Å². The summed E-state index contributed by atoms with van der Waals surface area (Å²) in [7, 11) is 6.57. The number of hydrogen-bond acceptors (Lipinski definition) is 5. The SMILES string of the molecule is CC(C)CNCCCNCCCCNCCCNCC(C)C.[2H]I(S)B(C)P. The molecule has 0 radical (unpaired) electrons. The van der Waals surface area contributed by atoms with Gasteiger partial charge in [-0.2, -0.15) is 0 Å². The zero-order valence-corrected chi connectivity index (χ0v) is 22.8. The third-order valence-electron chi connectivity index (χ3n) is 3.63. The molecule has 1 unspecified atom stereocenters. The van der Waals surface area contributed by atoms with Gasteiger partial charge in [-0.15, -0.1) is 0 Å². The predicted molar refractivity (Wildman–Crippen MR) is 145 cm³/mol. The first-order valence-corrected chi connectivity index (χ1v) is 15.9. The van der Waals surface area contributed by atoms with Crippen LogP contribution in [0, 0.1) is 11.8 Å². The Morgan fingerprint density at radius 3 is 1.37 bits per heavy atom. The molecule has 0 fully saturated rings. The van der Waals surface area contributed by atoms with E-state index in [1.807, 2.05) is 6.82 Å². The van der Waals surface area contributed by atoms with Crippen molar-refractivity contribution in [2.75, 3.05) is 52.4 Å². The summed E-state index contributed by atoms with van der Waals surface area (Å²) < 4.78 is 7.49. The van der Waals surface area contributed by atoms with E-state index in [4.69, 9.17) is 0.594 Å². The van der Waals surface area contributed by atoms with E-state index >= 15 is 0 Å². The molecule has 8 heteroatoms. The first-order valence-electron chi connectivity index (χ1n) is 11.1. The quantitative estimate of drug-likeness (QED) is 0.0611. The molecule has 0 saturated heterocycles. The van der Waals surface area contributed by atoms with Crippen LogP contribution < -0.4 is 21.3 Å².